The molecular formula is C38H49N6O8P. The largest absolute Gasteiger partial charge is 0.449 e. The van der Waals surface area contributed by atoms with Crippen LogP contribution in [0.15, 0.2) is 54.6 Å². The number of piperazine rings is 1. The number of anilines is 1. The summed E-state index contributed by atoms with van der Waals surface area (Å²) in [7, 11) is -2.29. The highest BCUT2D eigenvalue weighted by atomic mass is 31.2. The lowest BCUT2D eigenvalue weighted by Crippen LogP contribution is -2.57. The molecule has 4 heterocycles. The number of hydrogen-bond donors (Lipinski definition) is 1. The highest BCUT2D eigenvalue weighted by Gasteiger charge is 2.41. The molecule has 0 aliphatic carbocycles. The predicted octanol–water partition coefficient (Wildman–Crippen LogP) is 5.47. The number of benzene rings is 2. The third-order valence-corrected chi connectivity index (χ3v) is 11.6. The van der Waals surface area contributed by atoms with Crippen LogP contribution in [0.5, 0.6) is 5.75 Å². The molecule has 1 unspecified atom stereocenters. The number of carbonyl (C=O) groups excluding carboxylic acids is 3. The third kappa shape index (κ3) is 9.17. The fraction of sp³-hybridized carbons (Fsp3) is 0.500. The van der Waals surface area contributed by atoms with Gasteiger partial charge in [-0.2, -0.15) is 0 Å². The summed E-state index contributed by atoms with van der Waals surface area (Å²) in [4.78, 5) is 55.7. The molecule has 3 aliphatic heterocycles. The fourth-order valence-electron chi connectivity index (χ4n) is 6.63. The molecule has 3 aliphatic rings. The summed E-state index contributed by atoms with van der Waals surface area (Å²) >= 11 is 0. The maximum atomic E-state index is 14.4. The summed E-state index contributed by atoms with van der Waals surface area (Å²) in [6, 6.07) is 15.3. The van der Waals surface area contributed by atoms with Crippen molar-refractivity contribution >= 4 is 31.3 Å². The summed E-state index contributed by atoms with van der Waals surface area (Å²) in [6.45, 7) is 8.60. The Hall–Kier alpha value is -4.52. The molecule has 0 radical (unpaired) electrons. The van der Waals surface area contributed by atoms with Gasteiger partial charge in [0.2, 0.25) is 5.91 Å². The molecule has 3 aromatic rings. The smallest absolute Gasteiger partial charge is 0.409 e. The number of methoxy groups -OCH3 is 1. The van der Waals surface area contributed by atoms with E-state index in [9.17, 15) is 18.9 Å². The van der Waals surface area contributed by atoms with Crippen molar-refractivity contribution in [2.75, 3.05) is 64.0 Å². The first-order valence-electron chi connectivity index (χ1n) is 18.4. The Kier molecular flexibility index (Phi) is 12.3. The summed E-state index contributed by atoms with van der Waals surface area (Å²) < 4.78 is 37.3. The number of aromatic nitrogens is 2. The number of fused-ring (bicyclic) bond motifs is 1. The number of nitrogens with zero attached hydrogens (tertiary/aromatic N) is 5. The first-order valence-corrected chi connectivity index (χ1v) is 20.1. The van der Waals surface area contributed by atoms with Gasteiger partial charge in [0.05, 0.1) is 25.5 Å². The first-order chi connectivity index (χ1) is 25.6. The van der Waals surface area contributed by atoms with E-state index in [1.54, 1.807) is 23.0 Å². The van der Waals surface area contributed by atoms with Gasteiger partial charge >= 0.3 is 13.7 Å². The predicted molar refractivity (Wildman–Crippen MR) is 199 cm³/mol. The standard InChI is InChI=1S/C38H49N6O8P/c1-5-6-21-50-38(47)43-19-17-42(18-20-43)37(46)32(25-53(48)51-24-28-13-10-14-30(26(2)3)34(28)52-53)40-36(45)31-22-33(44-16-15-29(23-44)49-4)41-35(39-31)27-11-8-7-9-12-27/h7-14,22,26,29,32H,5-6,15-21,23-25H2,1-4H3,(H,40,45)/t29-,32-,53?/m0/s1. The van der Waals surface area contributed by atoms with Gasteiger partial charge in [0.25, 0.3) is 5.91 Å². The Morgan fingerprint density at radius 2 is 1.75 bits per heavy atom. The molecular weight excluding hydrogens is 699 g/mol. The van der Waals surface area contributed by atoms with Crippen LogP contribution in [0.25, 0.3) is 11.4 Å². The van der Waals surface area contributed by atoms with Crippen molar-refractivity contribution in [2.24, 2.45) is 0 Å². The Labute approximate surface area is 310 Å². The number of carbonyl (C=O) groups is 3. The molecule has 0 saturated carbocycles. The fourth-order valence-corrected chi connectivity index (χ4v) is 8.40. The lowest BCUT2D eigenvalue weighted by atomic mass is 9.99. The second-order valence-electron chi connectivity index (χ2n) is 13.8. The zero-order valence-corrected chi connectivity index (χ0v) is 31.8. The van der Waals surface area contributed by atoms with Crippen molar-refractivity contribution in [3.8, 4) is 17.1 Å². The Balaban J connectivity index is 1.27. The lowest BCUT2D eigenvalue weighted by molar-refractivity contribution is -0.134. The average Bonchev–Trinajstić information content (AvgIpc) is 3.67. The van der Waals surface area contributed by atoms with Crippen LogP contribution in [0.4, 0.5) is 10.6 Å². The van der Waals surface area contributed by atoms with Gasteiger partial charge in [0.15, 0.2) is 5.82 Å². The Morgan fingerprint density at radius 1 is 1.00 bits per heavy atom. The van der Waals surface area contributed by atoms with Crippen molar-refractivity contribution in [3.63, 3.8) is 0 Å². The maximum Gasteiger partial charge on any atom is 0.409 e. The Bertz CT molecular complexity index is 1820. The van der Waals surface area contributed by atoms with Crippen LogP contribution < -0.4 is 14.7 Å². The normalized spacial score (nSPS) is 20.5. The second-order valence-corrected chi connectivity index (χ2v) is 15.9. The third-order valence-electron chi connectivity index (χ3n) is 9.76. The SMILES string of the molecule is CCCCOC(=O)N1CCN(C(=O)[C@H](CP2(=O)OCc3cccc(C(C)C)c3O2)NC(=O)c2cc(N3CC[C@H](OC)C3)nc(-c3ccccc3)n2)CC1. The van der Waals surface area contributed by atoms with E-state index in [0.29, 0.717) is 37.1 Å². The molecule has 2 fully saturated rings. The molecule has 0 bridgehead atoms. The van der Waals surface area contributed by atoms with Crippen molar-refractivity contribution in [2.45, 2.75) is 64.7 Å². The van der Waals surface area contributed by atoms with Crippen LogP contribution >= 0.6 is 7.60 Å². The molecule has 6 rings (SSSR count). The van der Waals surface area contributed by atoms with E-state index in [-0.39, 0.29) is 50.5 Å². The van der Waals surface area contributed by atoms with E-state index in [4.69, 9.17) is 23.5 Å². The Morgan fingerprint density at radius 3 is 2.45 bits per heavy atom. The van der Waals surface area contributed by atoms with Crippen LogP contribution in [-0.4, -0.2) is 109 Å². The van der Waals surface area contributed by atoms with Crippen LogP contribution in [0.1, 0.15) is 67.6 Å². The zero-order chi connectivity index (χ0) is 37.5. The van der Waals surface area contributed by atoms with Crippen LogP contribution in [0, 0.1) is 0 Å². The monoisotopic (exact) mass is 748 g/mol. The molecule has 53 heavy (non-hydrogen) atoms. The van der Waals surface area contributed by atoms with E-state index < -0.39 is 37.7 Å². The van der Waals surface area contributed by atoms with Gasteiger partial charge < -0.3 is 34.0 Å². The molecule has 2 saturated heterocycles. The zero-order valence-electron chi connectivity index (χ0n) is 30.9. The minimum atomic E-state index is -3.96. The molecule has 3 amide bonds. The van der Waals surface area contributed by atoms with Crippen molar-refractivity contribution in [3.05, 3.63) is 71.4 Å². The number of ether oxygens (including phenoxy) is 2. The molecule has 15 heteroatoms. The van der Waals surface area contributed by atoms with Crippen LogP contribution in [0.2, 0.25) is 0 Å². The van der Waals surface area contributed by atoms with Gasteiger partial charge in [-0.3, -0.25) is 14.1 Å². The van der Waals surface area contributed by atoms with Gasteiger partial charge in [-0.25, -0.2) is 19.3 Å². The number of para-hydroxylation sites is 1. The highest BCUT2D eigenvalue weighted by Crippen LogP contribution is 2.55. The van der Waals surface area contributed by atoms with Crippen molar-refractivity contribution < 1.29 is 37.5 Å². The molecule has 1 aromatic heterocycles. The van der Waals surface area contributed by atoms with Crippen molar-refractivity contribution in [1.29, 1.82) is 0 Å². The molecule has 1 N–H and O–H groups in total. The highest BCUT2D eigenvalue weighted by molar-refractivity contribution is 7.54. The quantitative estimate of drug-likeness (QED) is 0.185. The van der Waals surface area contributed by atoms with Crippen LogP contribution in [0.3, 0.4) is 0 Å². The molecule has 0 spiro atoms. The minimum absolute atomic E-state index is 0.0251. The summed E-state index contributed by atoms with van der Waals surface area (Å²) in [5.41, 5.74) is 2.40. The first kappa shape index (κ1) is 38.2. The van der Waals surface area contributed by atoms with E-state index in [1.807, 2.05) is 74.2 Å². The van der Waals surface area contributed by atoms with Gasteiger partial charge in [-0.05, 0) is 24.3 Å². The minimum Gasteiger partial charge on any atom is -0.449 e. The van der Waals surface area contributed by atoms with Gasteiger partial charge in [-0.15, -0.1) is 0 Å². The summed E-state index contributed by atoms with van der Waals surface area (Å²) in [6.07, 6.45) is 1.67. The topological polar surface area (TPSA) is 153 Å². The number of nitrogens with one attached hydrogen (secondary N) is 1. The lowest BCUT2D eigenvalue weighted by Gasteiger charge is -2.37. The molecule has 3 atom stereocenters. The molecule has 284 valence electrons. The van der Waals surface area contributed by atoms with E-state index in [1.165, 1.54) is 0 Å². The maximum absolute atomic E-state index is 14.4. The van der Waals surface area contributed by atoms with E-state index in [2.05, 4.69) is 10.3 Å². The van der Waals surface area contributed by atoms with Gasteiger partial charge in [0, 0.05) is 63.6 Å². The molecule has 2 aromatic carbocycles. The average molecular weight is 749 g/mol. The van der Waals surface area contributed by atoms with Crippen molar-refractivity contribution in [1.82, 2.24) is 25.1 Å². The summed E-state index contributed by atoms with van der Waals surface area (Å²) in [5.74, 6) is 0.359. The number of amides is 3. The number of unbranched alkanes of at least 4 members (excludes halogenated alkanes) is 1. The van der Waals surface area contributed by atoms with E-state index >= 15 is 0 Å². The number of rotatable bonds is 12. The summed E-state index contributed by atoms with van der Waals surface area (Å²) in [5, 5.41) is 2.85. The van der Waals surface area contributed by atoms with Crippen LogP contribution in [-0.2, 0) is 30.0 Å². The number of hydrogen-bond acceptors (Lipinski definition) is 11. The second kappa shape index (κ2) is 17.1. The van der Waals surface area contributed by atoms with Gasteiger partial charge in [-0.1, -0.05) is 75.7 Å². The van der Waals surface area contributed by atoms with Gasteiger partial charge in [0.1, 0.15) is 23.3 Å². The molecule has 14 nitrogen and oxygen atoms in total. The van der Waals surface area contributed by atoms with E-state index in [0.717, 1.165) is 36.0 Å².